The number of ether oxygens (including phenoxy) is 10. The summed E-state index contributed by atoms with van der Waals surface area (Å²) in [6.07, 6.45) is 23.1. The van der Waals surface area contributed by atoms with Crippen LogP contribution in [0, 0.1) is 29.6 Å². The van der Waals surface area contributed by atoms with Gasteiger partial charge < -0.3 is 101 Å². The van der Waals surface area contributed by atoms with Crippen molar-refractivity contribution in [1.82, 2.24) is 53.2 Å². The summed E-state index contributed by atoms with van der Waals surface area (Å²) >= 11 is 0. The molecule has 0 aromatic carbocycles. The van der Waals surface area contributed by atoms with E-state index in [2.05, 4.69) is 53.2 Å². The van der Waals surface area contributed by atoms with Crippen molar-refractivity contribution in [1.29, 1.82) is 0 Å². The number of carbonyl (C=O) groups is 10. The van der Waals surface area contributed by atoms with E-state index in [4.69, 9.17) is 47.4 Å². The maximum Gasteiger partial charge on any atom is 0.225 e. The molecule has 0 aliphatic carbocycles. The molecule has 0 bridgehead atoms. The topological polar surface area (TPSA) is 383 Å². The molecule has 10 N–H and O–H groups in total. The van der Waals surface area contributed by atoms with Gasteiger partial charge in [-0.15, -0.1) is 0 Å². The van der Waals surface area contributed by atoms with E-state index in [-0.39, 0.29) is 96.1 Å². The molecule has 10 saturated heterocycles. The number of unbranched alkanes of at least 4 members (excludes halogenated alkanes) is 5. The maximum absolute atomic E-state index is 12.4. The van der Waals surface area contributed by atoms with Gasteiger partial charge in [-0.25, -0.2) is 0 Å². The Balaban J connectivity index is 0.000000289. The number of nitrogens with one attached hydrogen (secondary N) is 10. The number of hydrogen-bond acceptors (Lipinski definition) is 40. The second-order valence-electron chi connectivity index (χ2n) is 30.4. The van der Waals surface area contributed by atoms with Crippen molar-refractivity contribution in [2.75, 3.05) is 198 Å². The van der Waals surface area contributed by atoms with Crippen LogP contribution in [0.25, 0.3) is 0 Å². The molecular formula is C81H144N10O20S20. The first kappa shape index (κ1) is 123. The molecule has 131 heavy (non-hydrogen) atoms. The summed E-state index contributed by atoms with van der Waals surface area (Å²) in [5.74, 6) is 1.19. The van der Waals surface area contributed by atoms with E-state index in [1.807, 2.05) is 216 Å². The molecule has 10 aliphatic rings. The highest BCUT2D eigenvalue weighted by Crippen LogP contribution is 2.63. The Morgan fingerprint density at radius 3 is 0.435 bits per heavy atom. The monoisotopic (exact) mass is 2220 g/mol. The Labute approximate surface area is 858 Å². The number of hydrogen-bond donors (Lipinski definition) is 10. The fourth-order valence-corrected chi connectivity index (χ4v) is 28.2. The molecule has 0 aromatic heterocycles. The molecule has 5 unspecified atom stereocenters. The maximum atomic E-state index is 12.4. The average molecular weight is 2220 g/mol. The Morgan fingerprint density at radius 1 is 0.191 bits per heavy atom. The fraction of sp³-hybridized carbons (Fsp3) is 0.877. The Morgan fingerprint density at radius 2 is 0.321 bits per heavy atom. The quantitative estimate of drug-likeness (QED) is 0.0154. The van der Waals surface area contributed by atoms with Gasteiger partial charge in [0.25, 0.3) is 0 Å². The third-order valence-electron chi connectivity index (χ3n) is 19.2. The standard InChI is InChI=1S/5C16H28N2O4S4.CH4/c5*1-12(19)17-6-8-21-10-11-22-9-7-18-15(20)13(16-25-26-16)4-2-3-5-14-23-24-14;/h5*13-14,16H,2-11H2,1H3,(H,17,19)(H,18,20);1H4. The summed E-state index contributed by atoms with van der Waals surface area (Å²) in [6.45, 7) is 22.5. The predicted octanol–water partition coefficient (Wildman–Crippen LogP) is 15.1. The fourth-order valence-electron chi connectivity index (χ4n) is 11.8. The van der Waals surface area contributed by atoms with Gasteiger partial charge in [-0.3, -0.25) is 47.9 Å². The van der Waals surface area contributed by atoms with E-state index in [1.54, 1.807) is 0 Å². The van der Waals surface area contributed by atoms with Crippen LogP contribution in [0.15, 0.2) is 0 Å². The third-order valence-corrected chi connectivity index (χ3v) is 42.5. The van der Waals surface area contributed by atoms with Gasteiger partial charge in [0.05, 0.1) is 208 Å². The minimum atomic E-state index is -0.0530. The van der Waals surface area contributed by atoms with Gasteiger partial charge in [0.1, 0.15) is 0 Å². The van der Waals surface area contributed by atoms with Gasteiger partial charge in [0, 0.05) is 100 Å². The number of carbonyl (C=O) groups excluding carboxylic acids is 10. The second kappa shape index (κ2) is 80.6. The van der Waals surface area contributed by atoms with Crippen LogP contribution in [0.5, 0.6) is 0 Å². The minimum absolute atomic E-state index is 0. The van der Waals surface area contributed by atoms with Gasteiger partial charge in [0.15, 0.2) is 0 Å². The van der Waals surface area contributed by atoms with E-state index in [9.17, 15) is 47.9 Å². The van der Waals surface area contributed by atoms with Crippen LogP contribution in [0.2, 0.25) is 0 Å². The molecule has 0 saturated carbocycles. The van der Waals surface area contributed by atoms with Crippen molar-refractivity contribution in [2.24, 2.45) is 29.6 Å². The van der Waals surface area contributed by atoms with Gasteiger partial charge in [-0.1, -0.05) is 288 Å². The Hall–Kier alpha value is 1.30. The van der Waals surface area contributed by atoms with Gasteiger partial charge in [-0.2, -0.15) is 0 Å². The van der Waals surface area contributed by atoms with E-state index in [0.29, 0.717) is 220 Å². The largest absolute Gasteiger partial charge is 0.377 e. The third kappa shape index (κ3) is 74.8. The summed E-state index contributed by atoms with van der Waals surface area (Å²) in [5, 5.41) is 28.3. The zero-order valence-electron chi connectivity index (χ0n) is 75.3. The lowest BCUT2D eigenvalue weighted by Crippen LogP contribution is -2.35. The van der Waals surface area contributed by atoms with E-state index in [0.717, 1.165) is 87.1 Å². The van der Waals surface area contributed by atoms with E-state index >= 15 is 0 Å². The summed E-state index contributed by atoms with van der Waals surface area (Å²) in [4.78, 5) is 115. The predicted molar refractivity (Wildman–Crippen MR) is 573 cm³/mol. The van der Waals surface area contributed by atoms with Crippen LogP contribution < -0.4 is 53.2 Å². The smallest absolute Gasteiger partial charge is 0.225 e. The highest BCUT2D eigenvalue weighted by Gasteiger charge is 2.43. The van der Waals surface area contributed by atoms with Crippen LogP contribution in [0.1, 0.15) is 170 Å². The zero-order chi connectivity index (χ0) is 93.1. The first-order valence-corrected chi connectivity index (χ1v) is 67.7. The lowest BCUT2D eigenvalue weighted by molar-refractivity contribution is -0.125. The van der Waals surface area contributed by atoms with Crippen LogP contribution in [0.3, 0.4) is 0 Å². The average Bonchev–Trinajstić information content (AvgIpc) is 1.73. The van der Waals surface area contributed by atoms with E-state index in [1.165, 1.54) is 98.8 Å². The first-order valence-electron chi connectivity index (χ1n) is 44.9. The molecule has 10 heterocycles. The van der Waals surface area contributed by atoms with Crippen molar-refractivity contribution in [3.05, 3.63) is 0 Å². The summed E-state index contributed by atoms with van der Waals surface area (Å²) in [5.41, 5.74) is 0. The molecular weight excluding hydrogens is 2070 g/mol. The van der Waals surface area contributed by atoms with Crippen LogP contribution in [-0.4, -0.2) is 302 Å². The summed E-state index contributed by atoms with van der Waals surface area (Å²) in [7, 11) is 37.8. The molecule has 10 amide bonds. The molecule has 0 spiro atoms. The normalized spacial score (nSPS) is 17.6. The second-order valence-corrected chi connectivity index (χ2v) is 59.5. The Bertz CT molecular complexity index is 2640. The molecule has 50 heteroatoms. The first-order chi connectivity index (χ1) is 63.3. The SMILES string of the molecule is C.CC(=O)NCCOCCOCCNC(=O)C(CCCCC1SS1)C1SS1.CC(=O)NCCOCCOCCNC(=O)C(CCCCC1SS1)C1SS1.CC(=O)NCCOCCOCCNC(=O)C(CCCCC1SS1)C1SS1.CC(=O)NCCOCCOCCNC(=O)C(CCCCC1SS1)C1SS1.CC(=O)NCCOCCOCCNC(=O)C(CCCCC1SS1)C1SS1. The van der Waals surface area contributed by atoms with Gasteiger partial charge in [-0.05, 0) is 64.2 Å². The van der Waals surface area contributed by atoms with Gasteiger partial charge >= 0.3 is 0 Å². The summed E-state index contributed by atoms with van der Waals surface area (Å²) < 4.78 is 60.2. The highest BCUT2D eigenvalue weighted by atomic mass is 33.2. The van der Waals surface area contributed by atoms with Crippen molar-refractivity contribution >= 4 is 275 Å². The summed E-state index contributed by atoms with van der Waals surface area (Å²) in [6, 6.07) is 0. The van der Waals surface area contributed by atoms with Crippen LogP contribution in [-0.2, 0) is 95.3 Å². The minimum Gasteiger partial charge on any atom is -0.377 e. The molecule has 0 radical (unpaired) electrons. The van der Waals surface area contributed by atoms with Crippen molar-refractivity contribution in [3.8, 4) is 0 Å². The number of amides is 10. The lowest BCUT2D eigenvalue weighted by Gasteiger charge is -2.14. The molecule has 5 atom stereocenters. The zero-order valence-corrected chi connectivity index (χ0v) is 91.7. The molecule has 758 valence electrons. The lowest BCUT2D eigenvalue weighted by atomic mass is 10.0. The molecule has 10 fully saturated rings. The molecule has 10 rings (SSSR count). The number of rotatable bonds is 80. The van der Waals surface area contributed by atoms with Crippen molar-refractivity contribution in [2.45, 2.75) is 216 Å². The highest BCUT2D eigenvalue weighted by molar-refractivity contribution is 8.95. The van der Waals surface area contributed by atoms with Gasteiger partial charge in [0.2, 0.25) is 59.1 Å². The van der Waals surface area contributed by atoms with Crippen molar-refractivity contribution < 1.29 is 95.3 Å². The van der Waals surface area contributed by atoms with Crippen molar-refractivity contribution in [3.63, 3.8) is 0 Å². The molecule has 30 nitrogen and oxygen atoms in total. The molecule has 10 aliphatic heterocycles. The Kier molecular flexibility index (Phi) is 75.5. The van der Waals surface area contributed by atoms with Crippen LogP contribution in [0.4, 0.5) is 0 Å². The molecule has 0 aromatic rings. The van der Waals surface area contributed by atoms with E-state index < -0.39 is 0 Å². The van der Waals surface area contributed by atoms with Crippen LogP contribution >= 0.6 is 216 Å².